The molecule has 324 valence electrons. The molecule has 2 N–H and O–H groups in total. The van der Waals surface area contributed by atoms with Gasteiger partial charge in [-0.1, -0.05) is 34.3 Å². The highest BCUT2D eigenvalue weighted by molar-refractivity contribution is 5.98. The molecule has 1 aromatic carbocycles. The summed E-state index contributed by atoms with van der Waals surface area (Å²) in [5.41, 5.74) is -2.51. The summed E-state index contributed by atoms with van der Waals surface area (Å²) in [5.74, 6) is -5.46. The quantitative estimate of drug-likeness (QED) is 0.166. The molecule has 0 aromatic heterocycles. The van der Waals surface area contributed by atoms with Crippen LogP contribution in [0.15, 0.2) is 41.4 Å². The molecule has 3 saturated heterocycles. The number of nitrogens with zero attached hydrogens (tertiary/aromatic N) is 3. The minimum Gasteiger partial charge on any atom is -0.459 e. The van der Waals surface area contributed by atoms with Crippen molar-refractivity contribution in [3.8, 4) is 0 Å². The third-order valence-corrected chi connectivity index (χ3v) is 11.9. The minimum atomic E-state index is -1.83. The molecule has 0 aliphatic carbocycles. The number of cyclic esters (lactones) is 1. The average molecular weight is 818 g/mol. The molecule has 3 fully saturated rings. The highest BCUT2D eigenvalue weighted by atomic mass is 16.7. The smallest absolute Gasteiger partial charge is 0.338 e. The van der Waals surface area contributed by atoms with E-state index in [1.807, 2.05) is 32.8 Å². The Hall–Kier alpha value is -3.64. The fourth-order valence-corrected chi connectivity index (χ4v) is 8.85. The molecule has 16 nitrogen and oxygen atoms in total. The number of amides is 1. The number of hydrogen-bond acceptors (Lipinski definition) is 14. The standard InChI is InChI=1S/C42H63N3O13/c1-13-32-42(10,50)37-25(5)33(43-28(8)46)23(3)19-41(9,54-21-22(2)20-53-37)36(58-40-34(47)31(44(11)12)18-24(4)55-40)26(6)35(27(7)38(48)56-32)57-39(49)29-14-16-30(17-15-29)45(51)52/h14-17,23-27,31-32,34-37,40,47,50H,2,13,18-21H2,1,3-12H3/t23-,24-,25-,26+,27-,31+,32+,34-,35+,36-,37+,40+,41-,42-/m1/s1. The number of esters is 2. The number of fused-ring (bicyclic) bond motifs is 5. The molecule has 0 spiro atoms. The molecule has 0 radical (unpaired) electrons. The largest absolute Gasteiger partial charge is 0.459 e. The summed E-state index contributed by atoms with van der Waals surface area (Å²) < 4.78 is 38.8. The van der Waals surface area contributed by atoms with Gasteiger partial charge in [0.05, 0.1) is 53.5 Å². The SMILES string of the molecule is C=C1CO[C@H]2[C@H](C)C(=NC(C)=O)[C@H](C)C[C@@](C)(OC1)[C@H](O[C@@H]1O[C@H](C)C[C@H](N(C)C)[C@H]1O)[C@@H](C)[C@H](OC(=O)c1ccc([N+](=O)[O-])cc1)[C@@H](C)C(=O)O[C@@H](CC)[C@@]2(C)O. The maximum atomic E-state index is 14.4. The van der Waals surface area contributed by atoms with Crippen LogP contribution < -0.4 is 0 Å². The normalized spacial score (nSPS) is 38.9. The Morgan fingerprint density at radius 1 is 1.09 bits per heavy atom. The molecule has 3 heterocycles. The van der Waals surface area contributed by atoms with Crippen LogP contribution in [0.1, 0.15) is 91.9 Å². The summed E-state index contributed by atoms with van der Waals surface area (Å²) in [5, 5.41) is 35.5. The number of carbonyl (C=O) groups excluding carboxylic acids is 3. The van der Waals surface area contributed by atoms with Gasteiger partial charge in [-0.2, -0.15) is 0 Å². The van der Waals surface area contributed by atoms with E-state index in [0.717, 1.165) is 0 Å². The summed E-state index contributed by atoms with van der Waals surface area (Å²) in [6, 6.07) is 4.52. The summed E-state index contributed by atoms with van der Waals surface area (Å²) in [6.45, 7) is 19.3. The second-order valence-corrected chi connectivity index (χ2v) is 17.0. The van der Waals surface area contributed by atoms with E-state index in [0.29, 0.717) is 17.7 Å². The molecule has 2 bridgehead atoms. The second-order valence-electron chi connectivity index (χ2n) is 17.0. The highest BCUT2D eigenvalue weighted by Crippen LogP contribution is 2.42. The van der Waals surface area contributed by atoms with E-state index in [1.54, 1.807) is 34.6 Å². The van der Waals surface area contributed by atoms with Crippen LogP contribution >= 0.6 is 0 Å². The van der Waals surface area contributed by atoms with Crippen molar-refractivity contribution in [3.63, 3.8) is 0 Å². The van der Waals surface area contributed by atoms with E-state index < -0.39 is 94.5 Å². The summed E-state index contributed by atoms with van der Waals surface area (Å²) >= 11 is 0. The van der Waals surface area contributed by atoms with Crippen molar-refractivity contribution in [2.75, 3.05) is 27.3 Å². The third kappa shape index (κ3) is 10.6. The molecule has 16 heteroatoms. The van der Waals surface area contributed by atoms with Crippen LogP contribution in [0.2, 0.25) is 0 Å². The van der Waals surface area contributed by atoms with Crippen LogP contribution in [0.5, 0.6) is 0 Å². The van der Waals surface area contributed by atoms with Crippen molar-refractivity contribution in [2.45, 2.75) is 142 Å². The Bertz CT molecular complexity index is 1680. The number of likely N-dealkylation sites (N-methyl/N-ethyl adjacent to an activating group) is 1. The maximum Gasteiger partial charge on any atom is 0.338 e. The van der Waals surface area contributed by atoms with E-state index in [-0.39, 0.29) is 49.5 Å². The van der Waals surface area contributed by atoms with Crippen LogP contribution in [-0.4, -0.2) is 131 Å². The Morgan fingerprint density at radius 2 is 1.72 bits per heavy atom. The molecular formula is C42H63N3O13. The number of aliphatic hydroxyl groups is 2. The first-order valence-electron chi connectivity index (χ1n) is 20.1. The molecule has 0 unspecified atom stereocenters. The first kappa shape index (κ1) is 47.0. The van der Waals surface area contributed by atoms with Crippen LogP contribution in [0.25, 0.3) is 0 Å². The monoisotopic (exact) mass is 817 g/mol. The Morgan fingerprint density at radius 3 is 2.29 bits per heavy atom. The number of nitro groups is 1. The summed E-state index contributed by atoms with van der Waals surface area (Å²) in [4.78, 5) is 58.3. The number of ether oxygens (including phenoxy) is 6. The first-order valence-corrected chi connectivity index (χ1v) is 20.1. The van der Waals surface area contributed by atoms with Gasteiger partial charge < -0.3 is 43.5 Å². The summed E-state index contributed by atoms with van der Waals surface area (Å²) in [6.07, 6.45) is -6.46. The third-order valence-electron chi connectivity index (χ3n) is 11.9. The first-order chi connectivity index (χ1) is 27.0. The Labute approximate surface area is 341 Å². The number of nitro benzene ring substituents is 1. The molecular weight excluding hydrogens is 754 g/mol. The van der Waals surface area contributed by atoms with Gasteiger partial charge in [-0.25, -0.2) is 9.79 Å². The highest BCUT2D eigenvalue weighted by Gasteiger charge is 2.54. The van der Waals surface area contributed by atoms with E-state index in [2.05, 4.69) is 11.6 Å². The van der Waals surface area contributed by atoms with Crippen molar-refractivity contribution in [3.05, 3.63) is 52.1 Å². The van der Waals surface area contributed by atoms with Gasteiger partial charge in [0.2, 0.25) is 5.91 Å². The zero-order valence-electron chi connectivity index (χ0n) is 35.7. The molecule has 1 aromatic rings. The summed E-state index contributed by atoms with van der Waals surface area (Å²) in [7, 11) is 3.70. The number of rotatable bonds is 7. The lowest BCUT2D eigenvalue weighted by atomic mass is 9.73. The molecule has 58 heavy (non-hydrogen) atoms. The minimum absolute atomic E-state index is 0.00724. The molecule has 3 aliphatic heterocycles. The lowest BCUT2D eigenvalue weighted by Gasteiger charge is -2.49. The Balaban J connectivity index is 2.00. The lowest BCUT2D eigenvalue weighted by Crippen LogP contribution is -2.61. The predicted molar refractivity (Wildman–Crippen MR) is 213 cm³/mol. The number of aliphatic hydroxyl groups excluding tert-OH is 1. The topological polar surface area (TPSA) is 206 Å². The maximum absolute atomic E-state index is 14.4. The van der Waals surface area contributed by atoms with E-state index >= 15 is 0 Å². The van der Waals surface area contributed by atoms with Gasteiger partial charge in [0.1, 0.15) is 23.9 Å². The number of non-ortho nitro benzene ring substituents is 1. The Kier molecular flexibility index (Phi) is 15.5. The number of hydrogen-bond donors (Lipinski definition) is 2. The van der Waals surface area contributed by atoms with Gasteiger partial charge >= 0.3 is 11.9 Å². The fourth-order valence-electron chi connectivity index (χ4n) is 8.85. The van der Waals surface area contributed by atoms with Gasteiger partial charge in [-0.3, -0.25) is 19.7 Å². The molecule has 0 saturated carbocycles. The fraction of sp³-hybridized carbons (Fsp3) is 0.714. The lowest BCUT2D eigenvalue weighted by molar-refractivity contribution is -0.384. The van der Waals surface area contributed by atoms with E-state index in [1.165, 1.54) is 38.1 Å². The van der Waals surface area contributed by atoms with Gasteiger partial charge in [0.15, 0.2) is 6.29 Å². The van der Waals surface area contributed by atoms with Crippen molar-refractivity contribution in [1.29, 1.82) is 0 Å². The van der Waals surface area contributed by atoms with Crippen molar-refractivity contribution >= 4 is 29.2 Å². The van der Waals surface area contributed by atoms with Gasteiger partial charge in [0, 0.05) is 42.6 Å². The molecule has 4 rings (SSSR count). The van der Waals surface area contributed by atoms with Crippen molar-refractivity contribution < 1.29 is 57.9 Å². The van der Waals surface area contributed by atoms with E-state index in [9.17, 15) is 34.7 Å². The second kappa shape index (κ2) is 19.2. The average Bonchev–Trinajstić information content (AvgIpc) is 3.16. The van der Waals surface area contributed by atoms with Gasteiger partial charge in [-0.05, 0) is 84.7 Å². The molecule has 1 amide bonds. The zero-order chi connectivity index (χ0) is 43.4. The van der Waals surface area contributed by atoms with Gasteiger partial charge in [-0.15, -0.1) is 0 Å². The molecule has 3 aliphatic rings. The van der Waals surface area contributed by atoms with Crippen LogP contribution in [0.4, 0.5) is 5.69 Å². The van der Waals surface area contributed by atoms with Crippen LogP contribution in [-0.2, 0) is 38.0 Å². The van der Waals surface area contributed by atoms with Crippen molar-refractivity contribution in [1.82, 2.24) is 4.90 Å². The zero-order valence-corrected chi connectivity index (χ0v) is 35.7. The number of benzene rings is 1. The van der Waals surface area contributed by atoms with Crippen LogP contribution in [0.3, 0.4) is 0 Å². The van der Waals surface area contributed by atoms with Crippen molar-refractivity contribution in [2.24, 2.45) is 28.7 Å². The predicted octanol–water partition coefficient (Wildman–Crippen LogP) is 4.67. The van der Waals surface area contributed by atoms with E-state index in [4.69, 9.17) is 28.4 Å². The number of carbonyl (C=O) groups is 3. The number of aliphatic imine (C=N–C) groups is 1. The van der Waals surface area contributed by atoms with Crippen LogP contribution in [0, 0.1) is 33.8 Å². The molecule has 14 atom stereocenters. The van der Waals surface area contributed by atoms with Gasteiger partial charge in [0.25, 0.3) is 5.69 Å².